The van der Waals surface area contributed by atoms with E-state index >= 15 is 0 Å². The molecular weight excluding hydrogens is 252 g/mol. The summed E-state index contributed by atoms with van der Waals surface area (Å²) in [6.07, 6.45) is 7.09. The van der Waals surface area contributed by atoms with E-state index in [1.807, 2.05) is 6.26 Å². The van der Waals surface area contributed by atoms with Crippen molar-refractivity contribution in [1.82, 2.24) is 19.5 Å². The molecule has 0 saturated heterocycles. The number of nitrogens with zero attached hydrogens (tertiary/aromatic N) is 4. The topological polar surface area (TPSA) is 80.9 Å². The summed E-state index contributed by atoms with van der Waals surface area (Å²) in [6, 6.07) is -0.260. The van der Waals surface area contributed by atoms with Crippen molar-refractivity contribution in [2.75, 3.05) is 18.6 Å². The van der Waals surface area contributed by atoms with E-state index in [1.54, 1.807) is 11.8 Å². The van der Waals surface area contributed by atoms with E-state index in [0.717, 1.165) is 5.75 Å². The van der Waals surface area contributed by atoms with Gasteiger partial charge in [-0.2, -0.15) is 11.8 Å². The van der Waals surface area contributed by atoms with Crippen LogP contribution in [-0.2, 0) is 0 Å². The molecule has 1 atom stereocenters. The van der Waals surface area contributed by atoms with Crippen molar-refractivity contribution in [2.24, 2.45) is 0 Å². The lowest BCUT2D eigenvalue weighted by Crippen LogP contribution is -2.28. The SMILES string of the molecule is CSCC[C@@H](CO)n1cnc2nccnc2c1=O. The van der Waals surface area contributed by atoms with Crippen molar-refractivity contribution in [2.45, 2.75) is 12.5 Å². The Balaban J connectivity index is 2.44. The molecule has 96 valence electrons. The Labute approximate surface area is 108 Å². The number of thioether (sulfide) groups is 1. The monoisotopic (exact) mass is 266 g/mol. The maximum Gasteiger partial charge on any atom is 0.281 e. The van der Waals surface area contributed by atoms with E-state index in [4.69, 9.17) is 0 Å². The minimum atomic E-state index is -0.260. The average molecular weight is 266 g/mol. The van der Waals surface area contributed by atoms with Gasteiger partial charge in [0.05, 0.1) is 12.6 Å². The van der Waals surface area contributed by atoms with Crippen LogP contribution < -0.4 is 5.56 Å². The van der Waals surface area contributed by atoms with Crippen molar-refractivity contribution in [3.63, 3.8) is 0 Å². The van der Waals surface area contributed by atoms with Gasteiger partial charge in [0.15, 0.2) is 11.2 Å². The summed E-state index contributed by atoms with van der Waals surface area (Å²) in [4.78, 5) is 24.3. The van der Waals surface area contributed by atoms with E-state index in [1.165, 1.54) is 23.3 Å². The molecule has 0 aliphatic carbocycles. The van der Waals surface area contributed by atoms with Gasteiger partial charge in [-0.25, -0.2) is 15.0 Å². The molecule has 2 aromatic rings. The van der Waals surface area contributed by atoms with E-state index in [-0.39, 0.29) is 23.7 Å². The molecule has 2 aromatic heterocycles. The van der Waals surface area contributed by atoms with Crippen molar-refractivity contribution in [1.29, 1.82) is 0 Å². The standard InChI is InChI=1S/C11H14N4O2S/c1-18-5-2-8(6-16)15-7-14-10-9(11(15)17)12-3-4-13-10/h3-4,7-8,16H,2,5-6H2,1H3/t8-/m0/s1. The Morgan fingerprint density at radius 1 is 1.39 bits per heavy atom. The van der Waals surface area contributed by atoms with Crippen molar-refractivity contribution < 1.29 is 5.11 Å². The minimum Gasteiger partial charge on any atom is -0.394 e. The maximum atomic E-state index is 12.2. The Hall–Kier alpha value is -1.47. The summed E-state index contributed by atoms with van der Waals surface area (Å²) in [6.45, 7) is -0.0894. The number of aliphatic hydroxyl groups is 1. The van der Waals surface area contributed by atoms with Gasteiger partial charge >= 0.3 is 0 Å². The predicted molar refractivity (Wildman–Crippen MR) is 70.7 cm³/mol. The maximum absolute atomic E-state index is 12.2. The van der Waals surface area contributed by atoms with Gasteiger partial charge in [0, 0.05) is 12.4 Å². The third-order valence-electron chi connectivity index (χ3n) is 2.68. The van der Waals surface area contributed by atoms with Gasteiger partial charge in [-0.15, -0.1) is 0 Å². The molecule has 0 aliphatic heterocycles. The zero-order chi connectivity index (χ0) is 13.0. The lowest BCUT2D eigenvalue weighted by Gasteiger charge is -2.16. The fourth-order valence-electron chi connectivity index (χ4n) is 1.70. The summed E-state index contributed by atoms with van der Waals surface area (Å²) in [5.74, 6) is 0.871. The molecule has 0 unspecified atom stereocenters. The first kappa shape index (κ1) is 13.0. The molecule has 0 fully saturated rings. The molecule has 0 aromatic carbocycles. The average Bonchev–Trinajstić information content (AvgIpc) is 2.42. The van der Waals surface area contributed by atoms with Crippen LogP contribution in [0, 0.1) is 0 Å². The van der Waals surface area contributed by atoms with E-state index in [9.17, 15) is 9.90 Å². The van der Waals surface area contributed by atoms with E-state index < -0.39 is 0 Å². The van der Waals surface area contributed by atoms with Gasteiger partial charge in [0.2, 0.25) is 0 Å². The smallest absolute Gasteiger partial charge is 0.281 e. The first-order chi connectivity index (χ1) is 8.77. The van der Waals surface area contributed by atoms with Crippen LogP contribution in [0.15, 0.2) is 23.5 Å². The molecule has 0 spiro atoms. The summed E-state index contributed by atoms with van der Waals surface area (Å²) in [5.41, 5.74) is 0.316. The summed E-state index contributed by atoms with van der Waals surface area (Å²) in [7, 11) is 0. The van der Waals surface area contributed by atoms with Gasteiger partial charge in [-0.3, -0.25) is 9.36 Å². The van der Waals surface area contributed by atoms with Gasteiger partial charge in [-0.1, -0.05) is 0 Å². The Kier molecular flexibility index (Phi) is 4.27. The number of fused-ring (bicyclic) bond motifs is 1. The fourth-order valence-corrected chi connectivity index (χ4v) is 2.21. The van der Waals surface area contributed by atoms with Gasteiger partial charge in [0.1, 0.15) is 6.33 Å². The van der Waals surface area contributed by atoms with Crippen LogP contribution in [0.1, 0.15) is 12.5 Å². The third-order valence-corrected chi connectivity index (χ3v) is 3.32. The Morgan fingerprint density at radius 3 is 2.89 bits per heavy atom. The van der Waals surface area contributed by atoms with Crippen molar-refractivity contribution >= 4 is 22.9 Å². The lowest BCUT2D eigenvalue weighted by molar-refractivity contribution is 0.222. The normalized spacial score (nSPS) is 12.8. The first-order valence-corrected chi connectivity index (χ1v) is 6.95. The summed E-state index contributed by atoms with van der Waals surface area (Å²) < 4.78 is 1.44. The van der Waals surface area contributed by atoms with Crippen molar-refractivity contribution in [3.8, 4) is 0 Å². The largest absolute Gasteiger partial charge is 0.394 e. The van der Waals surface area contributed by atoms with Gasteiger partial charge in [0.25, 0.3) is 5.56 Å². The van der Waals surface area contributed by atoms with Crippen LogP contribution in [0.25, 0.3) is 11.2 Å². The highest BCUT2D eigenvalue weighted by molar-refractivity contribution is 7.98. The molecule has 18 heavy (non-hydrogen) atoms. The van der Waals surface area contributed by atoms with E-state index in [0.29, 0.717) is 12.1 Å². The zero-order valence-corrected chi connectivity index (χ0v) is 10.8. The van der Waals surface area contributed by atoms with Crippen LogP contribution >= 0.6 is 11.8 Å². The van der Waals surface area contributed by atoms with Crippen LogP contribution in [0.4, 0.5) is 0 Å². The molecule has 6 nitrogen and oxygen atoms in total. The molecule has 2 rings (SSSR count). The second-order valence-electron chi connectivity index (χ2n) is 3.80. The number of aromatic nitrogens is 4. The highest BCUT2D eigenvalue weighted by Crippen LogP contribution is 2.12. The highest BCUT2D eigenvalue weighted by Gasteiger charge is 2.14. The quantitative estimate of drug-likeness (QED) is 0.847. The predicted octanol–water partition coefficient (Wildman–Crippen LogP) is 0.473. The number of rotatable bonds is 5. The van der Waals surface area contributed by atoms with Crippen LogP contribution in [-0.4, -0.2) is 43.2 Å². The Morgan fingerprint density at radius 2 is 2.17 bits per heavy atom. The first-order valence-electron chi connectivity index (χ1n) is 5.55. The minimum absolute atomic E-state index is 0.0894. The molecule has 1 N–H and O–H groups in total. The summed E-state index contributed by atoms with van der Waals surface area (Å²) >= 11 is 1.67. The second kappa shape index (κ2) is 5.92. The fraction of sp³-hybridized carbons (Fsp3) is 0.455. The van der Waals surface area contributed by atoms with Crippen molar-refractivity contribution in [3.05, 3.63) is 29.1 Å². The zero-order valence-electron chi connectivity index (χ0n) is 9.98. The molecule has 0 radical (unpaired) electrons. The van der Waals surface area contributed by atoms with Crippen LogP contribution in [0.3, 0.4) is 0 Å². The number of hydrogen-bond acceptors (Lipinski definition) is 6. The third kappa shape index (κ3) is 2.51. The lowest BCUT2D eigenvalue weighted by atomic mass is 10.2. The van der Waals surface area contributed by atoms with Gasteiger partial charge < -0.3 is 5.11 Å². The van der Waals surface area contributed by atoms with Gasteiger partial charge in [-0.05, 0) is 18.4 Å². The molecule has 7 heteroatoms. The van der Waals surface area contributed by atoms with Crippen LogP contribution in [0.5, 0.6) is 0 Å². The molecule has 0 bridgehead atoms. The number of aliphatic hydroxyl groups excluding tert-OH is 1. The molecular formula is C11H14N4O2S. The van der Waals surface area contributed by atoms with E-state index in [2.05, 4.69) is 15.0 Å². The molecule has 0 amide bonds. The Bertz CT molecular complexity index is 587. The molecule has 2 heterocycles. The summed E-state index contributed by atoms with van der Waals surface area (Å²) in [5, 5.41) is 9.37. The molecule has 0 aliphatic rings. The molecule has 0 saturated carbocycles. The highest BCUT2D eigenvalue weighted by atomic mass is 32.2. The van der Waals surface area contributed by atoms with Crippen LogP contribution in [0.2, 0.25) is 0 Å². The number of hydrogen-bond donors (Lipinski definition) is 1. The second-order valence-corrected chi connectivity index (χ2v) is 4.79.